The molecule has 5 heteroatoms. The summed E-state index contributed by atoms with van der Waals surface area (Å²) in [4.78, 5) is 5.00. The Hall–Kier alpha value is -0.910. The maximum atomic E-state index is 9.83. The molecule has 2 aliphatic rings. The van der Waals surface area contributed by atoms with Crippen molar-refractivity contribution >= 4 is 0 Å². The molecule has 0 spiro atoms. The normalized spacial score (nSPS) is 31.7. The molecule has 5 nitrogen and oxygen atoms in total. The number of aryl methyl sites for hydroxylation is 1. The van der Waals surface area contributed by atoms with Crippen LogP contribution in [0.4, 0.5) is 0 Å². The molecule has 1 N–H and O–H groups in total. The molecule has 0 saturated carbocycles. The van der Waals surface area contributed by atoms with Gasteiger partial charge < -0.3 is 5.11 Å². The first-order chi connectivity index (χ1) is 9.58. The molecule has 3 heterocycles. The molecule has 0 aromatic carbocycles. The fourth-order valence-corrected chi connectivity index (χ4v) is 3.67. The van der Waals surface area contributed by atoms with Crippen LogP contribution in [0.1, 0.15) is 31.5 Å². The summed E-state index contributed by atoms with van der Waals surface area (Å²) < 4.78 is 2.07. The second kappa shape index (κ2) is 5.47. The molecule has 2 saturated heterocycles. The van der Waals surface area contributed by atoms with E-state index in [-0.39, 0.29) is 6.10 Å². The summed E-state index contributed by atoms with van der Waals surface area (Å²) in [5, 5.41) is 14.3. The lowest BCUT2D eigenvalue weighted by Gasteiger charge is -2.42. The fraction of sp³-hybridized carbons (Fsp3) is 0.800. The molecule has 20 heavy (non-hydrogen) atoms. The number of fused-ring (bicyclic) bond motifs is 1. The predicted molar refractivity (Wildman–Crippen MR) is 78.5 cm³/mol. The number of rotatable bonds is 3. The van der Waals surface area contributed by atoms with Crippen LogP contribution in [0.3, 0.4) is 0 Å². The van der Waals surface area contributed by atoms with Crippen molar-refractivity contribution in [2.24, 2.45) is 0 Å². The van der Waals surface area contributed by atoms with Crippen molar-refractivity contribution in [1.29, 1.82) is 0 Å². The molecule has 1 aromatic heterocycles. The van der Waals surface area contributed by atoms with Crippen LogP contribution in [0.5, 0.6) is 0 Å². The molecule has 0 bridgehead atoms. The summed E-state index contributed by atoms with van der Waals surface area (Å²) in [6, 6.07) is 1.07. The quantitative estimate of drug-likeness (QED) is 0.890. The number of aliphatic hydroxyl groups is 1. The number of aromatic nitrogens is 2. The van der Waals surface area contributed by atoms with Crippen molar-refractivity contribution in [2.45, 2.75) is 58.5 Å². The zero-order chi connectivity index (χ0) is 14.3. The van der Waals surface area contributed by atoms with E-state index in [1.807, 2.05) is 6.20 Å². The lowest BCUT2D eigenvalue weighted by Crippen LogP contribution is -2.54. The maximum Gasteiger partial charge on any atom is 0.0682 e. The Morgan fingerprint density at radius 1 is 1.35 bits per heavy atom. The average molecular weight is 278 g/mol. The molecule has 1 unspecified atom stereocenters. The van der Waals surface area contributed by atoms with Crippen molar-refractivity contribution in [3.63, 3.8) is 0 Å². The van der Waals surface area contributed by atoms with Crippen LogP contribution in [-0.4, -0.2) is 62.5 Å². The van der Waals surface area contributed by atoms with Crippen LogP contribution in [0, 0.1) is 6.92 Å². The van der Waals surface area contributed by atoms with Crippen LogP contribution in [0.2, 0.25) is 0 Å². The van der Waals surface area contributed by atoms with Gasteiger partial charge in [-0.25, -0.2) is 0 Å². The van der Waals surface area contributed by atoms with E-state index < -0.39 is 0 Å². The molecule has 3 atom stereocenters. The molecule has 2 aliphatic heterocycles. The highest BCUT2D eigenvalue weighted by Gasteiger charge is 2.38. The van der Waals surface area contributed by atoms with Gasteiger partial charge >= 0.3 is 0 Å². The molecule has 1 aromatic rings. The van der Waals surface area contributed by atoms with Gasteiger partial charge in [-0.15, -0.1) is 0 Å². The second-order valence-electron chi connectivity index (χ2n) is 6.35. The van der Waals surface area contributed by atoms with Crippen molar-refractivity contribution < 1.29 is 5.11 Å². The van der Waals surface area contributed by atoms with Crippen molar-refractivity contribution in [2.75, 3.05) is 19.6 Å². The van der Waals surface area contributed by atoms with E-state index in [9.17, 15) is 5.11 Å². The monoisotopic (exact) mass is 278 g/mol. The van der Waals surface area contributed by atoms with E-state index in [4.69, 9.17) is 0 Å². The third-order valence-electron chi connectivity index (χ3n) is 4.95. The summed E-state index contributed by atoms with van der Waals surface area (Å²) in [6.07, 6.45) is 2.81. The van der Waals surface area contributed by atoms with E-state index in [0.717, 1.165) is 39.1 Å². The minimum atomic E-state index is -0.128. The number of piperazine rings is 1. The van der Waals surface area contributed by atoms with E-state index in [2.05, 4.69) is 40.4 Å². The first kappa shape index (κ1) is 14.0. The highest BCUT2D eigenvalue weighted by molar-refractivity contribution is 5.16. The van der Waals surface area contributed by atoms with E-state index in [0.29, 0.717) is 12.1 Å². The van der Waals surface area contributed by atoms with Crippen molar-refractivity contribution in [3.8, 4) is 0 Å². The number of nitrogens with zero attached hydrogens (tertiary/aromatic N) is 4. The van der Waals surface area contributed by atoms with Gasteiger partial charge in [0.05, 0.1) is 12.3 Å². The van der Waals surface area contributed by atoms with Gasteiger partial charge in [-0.1, -0.05) is 0 Å². The average Bonchev–Trinajstić information content (AvgIpc) is 2.93. The largest absolute Gasteiger partial charge is 0.392 e. The highest BCUT2D eigenvalue weighted by atomic mass is 16.3. The lowest BCUT2D eigenvalue weighted by atomic mass is 10.1. The molecule has 112 valence electrons. The Kier molecular flexibility index (Phi) is 3.84. The smallest absolute Gasteiger partial charge is 0.0682 e. The van der Waals surface area contributed by atoms with Gasteiger partial charge in [0.15, 0.2) is 0 Å². The Labute approximate surface area is 121 Å². The van der Waals surface area contributed by atoms with Gasteiger partial charge in [-0.3, -0.25) is 14.5 Å². The molecule has 3 rings (SSSR count). The predicted octanol–water partition coefficient (Wildman–Crippen LogP) is 0.851. The SMILES string of the molecule is CCn1ncc(CN2CC3C[C@@H](O)CN3C[C@@H]2C)c1C. The number of hydrogen-bond donors (Lipinski definition) is 1. The first-order valence-electron chi connectivity index (χ1n) is 7.76. The third kappa shape index (κ3) is 2.50. The Morgan fingerprint density at radius 3 is 2.85 bits per heavy atom. The van der Waals surface area contributed by atoms with Crippen LogP contribution < -0.4 is 0 Å². The van der Waals surface area contributed by atoms with Gasteiger partial charge in [-0.05, 0) is 27.2 Å². The Bertz CT molecular complexity index is 472. The molecular formula is C15H26N4O. The zero-order valence-electron chi connectivity index (χ0n) is 12.8. The molecule has 0 amide bonds. The van der Waals surface area contributed by atoms with Crippen molar-refractivity contribution in [1.82, 2.24) is 19.6 Å². The van der Waals surface area contributed by atoms with Gasteiger partial charge in [0.1, 0.15) is 0 Å². The summed E-state index contributed by atoms with van der Waals surface area (Å²) in [5.41, 5.74) is 2.62. The van der Waals surface area contributed by atoms with Crippen molar-refractivity contribution in [3.05, 3.63) is 17.5 Å². The molecule has 0 aliphatic carbocycles. The molecule has 0 radical (unpaired) electrons. The number of hydrogen-bond acceptors (Lipinski definition) is 4. The highest BCUT2D eigenvalue weighted by Crippen LogP contribution is 2.26. The van der Waals surface area contributed by atoms with E-state index in [1.165, 1.54) is 11.3 Å². The minimum Gasteiger partial charge on any atom is -0.392 e. The van der Waals surface area contributed by atoms with Crippen LogP contribution in [-0.2, 0) is 13.1 Å². The third-order valence-corrected chi connectivity index (χ3v) is 4.95. The van der Waals surface area contributed by atoms with Crippen LogP contribution >= 0.6 is 0 Å². The topological polar surface area (TPSA) is 44.5 Å². The van der Waals surface area contributed by atoms with Gasteiger partial charge in [0.25, 0.3) is 0 Å². The summed E-state index contributed by atoms with van der Waals surface area (Å²) in [5.74, 6) is 0. The van der Waals surface area contributed by atoms with Crippen LogP contribution in [0.25, 0.3) is 0 Å². The lowest BCUT2D eigenvalue weighted by molar-refractivity contribution is 0.0527. The van der Waals surface area contributed by atoms with E-state index >= 15 is 0 Å². The summed E-state index contributed by atoms with van der Waals surface area (Å²) in [7, 11) is 0. The Balaban J connectivity index is 1.69. The van der Waals surface area contributed by atoms with Crippen LogP contribution in [0.15, 0.2) is 6.20 Å². The molecular weight excluding hydrogens is 252 g/mol. The minimum absolute atomic E-state index is 0.128. The Morgan fingerprint density at radius 2 is 2.15 bits per heavy atom. The fourth-order valence-electron chi connectivity index (χ4n) is 3.67. The summed E-state index contributed by atoms with van der Waals surface area (Å²) >= 11 is 0. The van der Waals surface area contributed by atoms with Gasteiger partial charge in [0.2, 0.25) is 0 Å². The maximum absolute atomic E-state index is 9.83. The zero-order valence-corrected chi connectivity index (χ0v) is 12.8. The van der Waals surface area contributed by atoms with Gasteiger partial charge in [0, 0.05) is 56.1 Å². The summed E-state index contributed by atoms with van der Waals surface area (Å²) in [6.45, 7) is 11.5. The second-order valence-corrected chi connectivity index (χ2v) is 6.35. The van der Waals surface area contributed by atoms with E-state index in [1.54, 1.807) is 0 Å². The molecule has 2 fully saturated rings. The first-order valence-corrected chi connectivity index (χ1v) is 7.76. The number of aliphatic hydroxyl groups excluding tert-OH is 1. The standard InChI is InChI=1S/C15H26N4O/c1-4-19-12(3)13(6-16-19)8-17-9-14-5-15(20)10-18(14)7-11(17)2/h6,11,14-15,20H,4-5,7-10H2,1-3H3/t11-,14?,15+/m0/s1. The van der Waals surface area contributed by atoms with Gasteiger partial charge in [-0.2, -0.15) is 5.10 Å².